The van der Waals surface area contributed by atoms with Crippen molar-refractivity contribution in [3.63, 3.8) is 0 Å². The number of aliphatic hydroxyl groups excluding tert-OH is 1. The second-order valence-corrected chi connectivity index (χ2v) is 10.9. The minimum absolute atomic E-state index is 0.0876. The number of benzene rings is 2. The summed E-state index contributed by atoms with van der Waals surface area (Å²) in [4.78, 5) is 28.6. The number of aliphatic hydroxyl groups is 1. The van der Waals surface area contributed by atoms with Gasteiger partial charge in [0.05, 0.1) is 21.6 Å². The molecule has 0 saturated heterocycles. The highest BCUT2D eigenvalue weighted by Crippen LogP contribution is 2.43. The van der Waals surface area contributed by atoms with Crippen LogP contribution in [0.3, 0.4) is 0 Å². The summed E-state index contributed by atoms with van der Waals surface area (Å²) in [6.45, 7) is 5.94. The fraction of sp³-hybridized carbons (Fsp3) is 0.419. The summed E-state index contributed by atoms with van der Waals surface area (Å²) in [7, 11) is 0. The van der Waals surface area contributed by atoms with Crippen LogP contribution >= 0.6 is 23.2 Å². The zero-order valence-electron chi connectivity index (χ0n) is 22.7. The number of hydrogen-bond acceptors (Lipinski definition) is 4. The van der Waals surface area contributed by atoms with Crippen LogP contribution < -0.4 is 11.1 Å². The number of primary amides is 1. The highest BCUT2D eigenvalue weighted by Gasteiger charge is 2.47. The van der Waals surface area contributed by atoms with Crippen molar-refractivity contribution in [2.75, 3.05) is 19.6 Å². The number of nitrogens with zero attached hydrogens (tertiary/aromatic N) is 1. The molecular weight excluding hydrogens is 533 g/mol. The molecule has 3 atom stereocenters. The zero-order chi connectivity index (χ0) is 28.4. The summed E-state index contributed by atoms with van der Waals surface area (Å²) < 4.78 is 0. The summed E-state index contributed by atoms with van der Waals surface area (Å²) in [5.41, 5.74) is 7.16. The summed E-state index contributed by atoms with van der Waals surface area (Å²) in [5, 5.41) is 15.7. The fourth-order valence-corrected chi connectivity index (χ4v) is 5.68. The molecular formula is C31H39Cl2N3O3. The summed E-state index contributed by atoms with van der Waals surface area (Å²) >= 11 is 12.5. The molecule has 0 fully saturated rings. The lowest BCUT2D eigenvalue weighted by molar-refractivity contribution is -0.132. The van der Waals surface area contributed by atoms with Gasteiger partial charge >= 0.3 is 0 Å². The van der Waals surface area contributed by atoms with Crippen molar-refractivity contribution in [1.82, 2.24) is 10.2 Å². The molecule has 0 aliphatic heterocycles. The van der Waals surface area contributed by atoms with Gasteiger partial charge in [0.1, 0.15) is 0 Å². The molecule has 1 unspecified atom stereocenters. The van der Waals surface area contributed by atoms with Crippen molar-refractivity contribution in [3.8, 4) is 0 Å². The Kier molecular flexibility index (Phi) is 11.6. The fourth-order valence-electron chi connectivity index (χ4n) is 5.29. The van der Waals surface area contributed by atoms with Crippen molar-refractivity contribution in [1.29, 1.82) is 0 Å². The van der Waals surface area contributed by atoms with Crippen LogP contribution in [0.15, 0.2) is 72.3 Å². The Labute approximate surface area is 241 Å². The maximum Gasteiger partial charge on any atom is 0.249 e. The first kappa shape index (κ1) is 30.9. The molecule has 210 valence electrons. The largest absolute Gasteiger partial charge is 0.391 e. The van der Waals surface area contributed by atoms with E-state index in [1.54, 1.807) is 24.3 Å². The van der Waals surface area contributed by atoms with Gasteiger partial charge in [-0.05, 0) is 42.9 Å². The smallest absolute Gasteiger partial charge is 0.249 e. The maximum atomic E-state index is 13.5. The minimum Gasteiger partial charge on any atom is -0.391 e. The normalized spacial score (nSPS) is 18.3. The number of halogens is 2. The van der Waals surface area contributed by atoms with Gasteiger partial charge in [-0.2, -0.15) is 0 Å². The molecule has 0 spiro atoms. The first-order valence-corrected chi connectivity index (χ1v) is 14.3. The van der Waals surface area contributed by atoms with Gasteiger partial charge in [0.25, 0.3) is 0 Å². The molecule has 0 radical (unpaired) electrons. The Morgan fingerprint density at radius 2 is 1.77 bits per heavy atom. The van der Waals surface area contributed by atoms with E-state index in [4.69, 9.17) is 28.9 Å². The third kappa shape index (κ3) is 7.73. The number of carbonyl (C=O) groups excluding carboxylic acids is 2. The Morgan fingerprint density at radius 3 is 2.41 bits per heavy atom. The summed E-state index contributed by atoms with van der Waals surface area (Å²) in [5.74, 6) is -1.24. The van der Waals surface area contributed by atoms with E-state index in [-0.39, 0.29) is 18.9 Å². The number of hydrogen-bond donors (Lipinski definition) is 3. The van der Waals surface area contributed by atoms with Crippen molar-refractivity contribution in [2.45, 2.75) is 52.2 Å². The van der Waals surface area contributed by atoms with Gasteiger partial charge in [-0.15, -0.1) is 0 Å². The molecule has 6 nitrogen and oxygen atoms in total. The molecule has 2 aromatic rings. The first-order valence-electron chi connectivity index (χ1n) is 13.6. The van der Waals surface area contributed by atoms with Crippen LogP contribution in [0.5, 0.6) is 0 Å². The molecule has 39 heavy (non-hydrogen) atoms. The third-order valence-electron chi connectivity index (χ3n) is 7.31. The van der Waals surface area contributed by atoms with Gasteiger partial charge in [-0.25, -0.2) is 0 Å². The van der Waals surface area contributed by atoms with E-state index in [9.17, 15) is 14.7 Å². The number of carbonyl (C=O) groups is 2. The average Bonchev–Trinajstić information content (AvgIpc) is 2.94. The van der Waals surface area contributed by atoms with Crippen LogP contribution in [-0.4, -0.2) is 47.6 Å². The van der Waals surface area contributed by atoms with Crippen molar-refractivity contribution >= 4 is 35.0 Å². The number of nitrogens with two attached hydrogens (primary N) is 1. The lowest BCUT2D eigenvalue weighted by atomic mass is 9.64. The standard InChI is InChI=1S/C31H39Cl2N3O3/c1-3-16-36(17-4-2)29(38)23-13-9-15-31(19-23,30(34)39)25(18-22-10-6-5-7-11-22)27(37)21-35-20-24-12-8-14-26(32)28(24)33/h5-15,25,27,35,37H,3-4,16-21H2,1-2H3,(H2,34,39)/t25-,27+,31?/m1/s1. The van der Waals surface area contributed by atoms with Gasteiger partial charge in [0, 0.05) is 37.7 Å². The third-order valence-corrected chi connectivity index (χ3v) is 8.16. The Hall–Kier alpha value is -2.64. The van der Waals surface area contributed by atoms with Crippen LogP contribution in [0.1, 0.15) is 44.2 Å². The molecule has 0 heterocycles. The number of amides is 2. The number of allylic oxidation sites excluding steroid dienone is 2. The topological polar surface area (TPSA) is 95.7 Å². The SMILES string of the molecule is CCCN(CCC)C(=O)C1=CC=CC(C(N)=O)([C@H](Cc2ccccc2)[C@@H](O)CNCc2cccc(Cl)c2Cl)C1. The summed E-state index contributed by atoms with van der Waals surface area (Å²) in [6, 6.07) is 15.1. The lowest BCUT2D eigenvalue weighted by Gasteiger charge is -2.41. The van der Waals surface area contributed by atoms with Crippen LogP contribution in [0.25, 0.3) is 0 Å². The number of rotatable bonds is 14. The van der Waals surface area contributed by atoms with Gasteiger partial charge in [0.2, 0.25) is 11.8 Å². The van der Waals surface area contributed by atoms with E-state index in [1.807, 2.05) is 61.2 Å². The van der Waals surface area contributed by atoms with E-state index < -0.39 is 23.3 Å². The average molecular weight is 573 g/mol. The van der Waals surface area contributed by atoms with Gasteiger partial charge in [-0.3, -0.25) is 9.59 Å². The van der Waals surface area contributed by atoms with Gasteiger partial charge in [-0.1, -0.05) is 97.7 Å². The minimum atomic E-state index is -1.24. The molecule has 4 N–H and O–H groups in total. The highest BCUT2D eigenvalue weighted by molar-refractivity contribution is 6.42. The molecule has 8 heteroatoms. The predicted octanol–water partition coefficient (Wildman–Crippen LogP) is 5.31. The lowest BCUT2D eigenvalue weighted by Crippen LogP contribution is -2.51. The molecule has 2 aromatic carbocycles. The monoisotopic (exact) mass is 571 g/mol. The second kappa shape index (κ2) is 14.7. The molecule has 1 aliphatic carbocycles. The van der Waals surface area contributed by atoms with Crippen LogP contribution in [0.2, 0.25) is 10.0 Å². The van der Waals surface area contributed by atoms with Crippen molar-refractivity contribution < 1.29 is 14.7 Å². The molecule has 0 bridgehead atoms. The van der Waals surface area contributed by atoms with E-state index in [0.29, 0.717) is 41.7 Å². The second-order valence-electron chi connectivity index (χ2n) is 10.1. The molecule has 3 rings (SSSR count). The molecule has 1 aliphatic rings. The van der Waals surface area contributed by atoms with E-state index in [0.717, 1.165) is 24.0 Å². The Morgan fingerprint density at radius 1 is 1.08 bits per heavy atom. The van der Waals surface area contributed by atoms with E-state index in [2.05, 4.69) is 5.32 Å². The number of nitrogens with one attached hydrogen (secondary N) is 1. The highest BCUT2D eigenvalue weighted by atomic mass is 35.5. The predicted molar refractivity (Wildman–Crippen MR) is 158 cm³/mol. The Bertz CT molecular complexity index is 1180. The summed E-state index contributed by atoms with van der Waals surface area (Å²) in [6.07, 6.45) is 6.55. The maximum absolute atomic E-state index is 13.5. The van der Waals surface area contributed by atoms with Crippen LogP contribution in [0.4, 0.5) is 0 Å². The van der Waals surface area contributed by atoms with Crippen molar-refractivity contribution in [3.05, 3.63) is 93.5 Å². The van der Waals surface area contributed by atoms with Gasteiger partial charge < -0.3 is 21.1 Å². The molecule has 0 saturated carbocycles. The zero-order valence-corrected chi connectivity index (χ0v) is 24.2. The van der Waals surface area contributed by atoms with Gasteiger partial charge in [0.15, 0.2) is 0 Å². The van der Waals surface area contributed by atoms with E-state index in [1.165, 1.54) is 0 Å². The van der Waals surface area contributed by atoms with Crippen molar-refractivity contribution in [2.24, 2.45) is 17.1 Å². The Balaban J connectivity index is 1.89. The van der Waals surface area contributed by atoms with E-state index >= 15 is 0 Å². The first-order chi connectivity index (χ1) is 18.7. The molecule has 0 aromatic heterocycles. The molecule has 2 amide bonds. The van der Waals surface area contributed by atoms with Crippen LogP contribution in [0, 0.1) is 11.3 Å². The van der Waals surface area contributed by atoms with Crippen LogP contribution in [-0.2, 0) is 22.6 Å². The quantitative estimate of drug-likeness (QED) is 0.286.